The maximum atomic E-state index is 13.5. The Morgan fingerprint density at radius 3 is 2.29 bits per heavy atom. The molecule has 10 nitrogen and oxygen atoms in total. The molecule has 3 amide bonds. The number of nitrogens with zero attached hydrogens (tertiary/aromatic N) is 1. The number of benzene rings is 1. The highest BCUT2D eigenvalue weighted by molar-refractivity contribution is 8.76. The van der Waals surface area contributed by atoms with E-state index in [0.29, 0.717) is 6.54 Å². The lowest BCUT2D eigenvalue weighted by atomic mass is 9.75. The molecule has 1 aromatic rings. The van der Waals surface area contributed by atoms with E-state index in [-0.39, 0.29) is 40.9 Å². The van der Waals surface area contributed by atoms with Crippen LogP contribution in [0.3, 0.4) is 0 Å². The van der Waals surface area contributed by atoms with Crippen LogP contribution < -0.4 is 16.0 Å². The molecule has 12 heteroatoms. The van der Waals surface area contributed by atoms with Gasteiger partial charge in [0.2, 0.25) is 17.7 Å². The molecule has 0 radical (unpaired) electrons. The molecule has 1 unspecified atom stereocenters. The third-order valence-corrected chi connectivity index (χ3v) is 10.5. The average Bonchev–Trinajstić information content (AvgIpc) is 3.35. The number of carbonyl (C=O) groups excluding carboxylic acids is 4. The summed E-state index contributed by atoms with van der Waals surface area (Å²) in [5.41, 5.74) is 0.478. The van der Waals surface area contributed by atoms with Crippen LogP contribution in [0.1, 0.15) is 63.9 Å². The molecule has 0 bridgehead atoms. The summed E-state index contributed by atoms with van der Waals surface area (Å²) >= 11 is 0. The van der Waals surface area contributed by atoms with Gasteiger partial charge in [0.15, 0.2) is 0 Å². The highest BCUT2D eigenvalue weighted by Gasteiger charge is 2.40. The predicted octanol–water partition coefficient (Wildman–Crippen LogP) is 2.81. The molecule has 1 aliphatic heterocycles. The number of ether oxygens (including phenoxy) is 1. The van der Waals surface area contributed by atoms with Crippen molar-refractivity contribution < 1.29 is 29.0 Å². The van der Waals surface area contributed by atoms with Crippen LogP contribution in [0.2, 0.25) is 0 Å². The Balaban J connectivity index is 1.60. The summed E-state index contributed by atoms with van der Waals surface area (Å²) in [4.78, 5) is 53.8. The number of likely N-dealkylation sites (N-methyl/N-ethyl adjacent to an activating group) is 2. The van der Waals surface area contributed by atoms with Crippen molar-refractivity contribution in [2.75, 3.05) is 38.8 Å². The minimum atomic E-state index is -0.806. The molecule has 0 spiro atoms. The molecule has 4 atom stereocenters. The van der Waals surface area contributed by atoms with E-state index in [1.54, 1.807) is 12.1 Å². The minimum absolute atomic E-state index is 0.0621. The Morgan fingerprint density at radius 1 is 1.05 bits per heavy atom. The van der Waals surface area contributed by atoms with Gasteiger partial charge < -0.3 is 25.8 Å². The number of carbonyl (C=O) groups is 4. The maximum Gasteiger partial charge on any atom is 0.329 e. The van der Waals surface area contributed by atoms with Crippen LogP contribution in [0.4, 0.5) is 0 Å². The molecule has 3 rings (SSSR count). The molecule has 2 aliphatic rings. The lowest BCUT2D eigenvalue weighted by Crippen LogP contribution is -2.53. The zero-order valence-corrected chi connectivity index (χ0v) is 26.1. The van der Waals surface area contributed by atoms with Crippen LogP contribution in [-0.2, 0) is 23.9 Å². The number of esters is 1. The van der Waals surface area contributed by atoms with Crippen molar-refractivity contribution in [2.45, 2.75) is 76.4 Å². The van der Waals surface area contributed by atoms with Gasteiger partial charge in [-0.3, -0.25) is 19.3 Å². The summed E-state index contributed by atoms with van der Waals surface area (Å²) in [7, 11) is 5.90. The van der Waals surface area contributed by atoms with Gasteiger partial charge in [0, 0.05) is 29.4 Å². The van der Waals surface area contributed by atoms with E-state index in [1.165, 1.54) is 28.7 Å². The number of aromatic hydroxyl groups is 1. The van der Waals surface area contributed by atoms with Crippen molar-refractivity contribution in [1.29, 1.82) is 0 Å². The molecule has 1 saturated carbocycles. The second kappa shape index (κ2) is 15.7. The number of hydrogen-bond donors (Lipinski definition) is 4. The molecule has 4 N–H and O–H groups in total. The Labute approximate surface area is 250 Å². The lowest BCUT2D eigenvalue weighted by molar-refractivity contribution is -0.146. The van der Waals surface area contributed by atoms with Crippen molar-refractivity contribution >= 4 is 45.3 Å². The first-order valence-corrected chi connectivity index (χ1v) is 16.8. The van der Waals surface area contributed by atoms with E-state index >= 15 is 0 Å². The topological polar surface area (TPSA) is 137 Å². The van der Waals surface area contributed by atoms with Crippen LogP contribution >= 0.6 is 21.6 Å². The fourth-order valence-electron chi connectivity index (χ4n) is 5.57. The van der Waals surface area contributed by atoms with Gasteiger partial charge in [0.25, 0.3) is 0 Å². The predicted molar refractivity (Wildman–Crippen MR) is 163 cm³/mol. The standard InChI is InChI=1S/C29H44N4O6S2/c1-5-30-25(35)22(31-26(36)24-21(13-16-33(24)3)19-9-11-20(34)12-10-19)17-40-41-18-23(27(37)39-4)32-28(38)29(2)14-7-6-8-15-29/h9-12,21-24,34H,5-8,13-18H2,1-4H3,(H,30,35)(H,31,36)(H,32,38)/t21?,22-,23-,24-/m0/s1. The molecule has 1 saturated heterocycles. The van der Waals surface area contributed by atoms with Crippen LogP contribution in [-0.4, -0.2) is 90.6 Å². The second-order valence-corrected chi connectivity index (χ2v) is 13.7. The number of rotatable bonds is 13. The van der Waals surface area contributed by atoms with Gasteiger partial charge in [0.1, 0.15) is 17.8 Å². The fraction of sp³-hybridized carbons (Fsp3) is 0.655. The summed E-state index contributed by atoms with van der Waals surface area (Å²) in [5.74, 6) is -0.495. The van der Waals surface area contributed by atoms with Gasteiger partial charge in [-0.25, -0.2) is 4.79 Å². The number of phenolic OH excluding ortho intramolecular Hbond substituents is 1. The van der Waals surface area contributed by atoms with E-state index in [4.69, 9.17) is 4.74 Å². The van der Waals surface area contributed by atoms with Crippen molar-refractivity contribution in [3.05, 3.63) is 29.8 Å². The van der Waals surface area contributed by atoms with Gasteiger partial charge >= 0.3 is 5.97 Å². The van der Waals surface area contributed by atoms with E-state index in [0.717, 1.165) is 50.6 Å². The summed E-state index contributed by atoms with van der Waals surface area (Å²) < 4.78 is 4.94. The molecule has 1 heterocycles. The number of nitrogens with one attached hydrogen (secondary N) is 3. The third kappa shape index (κ3) is 9.02. The number of amides is 3. The van der Waals surface area contributed by atoms with Gasteiger partial charge in [-0.15, -0.1) is 0 Å². The number of methoxy groups -OCH3 is 1. The lowest BCUT2D eigenvalue weighted by Gasteiger charge is -2.33. The molecule has 1 aliphatic carbocycles. The van der Waals surface area contributed by atoms with Crippen molar-refractivity contribution in [3.63, 3.8) is 0 Å². The molecule has 228 valence electrons. The third-order valence-electron chi connectivity index (χ3n) is 8.07. The van der Waals surface area contributed by atoms with Crippen molar-refractivity contribution in [2.24, 2.45) is 5.41 Å². The van der Waals surface area contributed by atoms with Gasteiger partial charge in [-0.1, -0.05) is 59.9 Å². The average molecular weight is 609 g/mol. The molecular weight excluding hydrogens is 564 g/mol. The molecule has 2 fully saturated rings. The number of likely N-dealkylation sites (tertiary alicyclic amines) is 1. The van der Waals surface area contributed by atoms with Crippen molar-refractivity contribution in [3.8, 4) is 5.75 Å². The Bertz CT molecular complexity index is 1050. The second-order valence-electron chi connectivity index (χ2n) is 11.1. The monoisotopic (exact) mass is 608 g/mol. The highest BCUT2D eigenvalue weighted by Crippen LogP contribution is 2.36. The Kier molecular flexibility index (Phi) is 12.7. The Morgan fingerprint density at radius 2 is 1.68 bits per heavy atom. The van der Waals surface area contributed by atoms with E-state index < -0.39 is 29.5 Å². The SMILES string of the molecule is CCNC(=O)[C@H](CSSC[C@H](NC(=O)C1(C)CCCCC1)C(=O)OC)NC(=O)[C@@H]1C(c2ccc(O)cc2)CCN1C. The number of hydrogen-bond acceptors (Lipinski definition) is 9. The quantitative estimate of drug-likeness (QED) is 0.151. The summed E-state index contributed by atoms with van der Waals surface area (Å²) in [5, 5.41) is 18.3. The number of phenols is 1. The largest absolute Gasteiger partial charge is 0.508 e. The van der Waals surface area contributed by atoms with Crippen LogP contribution in [0, 0.1) is 5.41 Å². The summed E-state index contributed by atoms with van der Waals surface area (Å²) in [6.45, 7) is 4.93. The maximum absolute atomic E-state index is 13.5. The van der Waals surface area contributed by atoms with Crippen LogP contribution in [0.5, 0.6) is 5.75 Å². The fourth-order valence-corrected chi connectivity index (χ4v) is 7.89. The minimum Gasteiger partial charge on any atom is -0.508 e. The summed E-state index contributed by atoms with van der Waals surface area (Å²) in [6, 6.07) is 4.87. The normalized spacial score (nSPS) is 21.9. The molecule has 0 aromatic heterocycles. The zero-order valence-electron chi connectivity index (χ0n) is 24.4. The smallest absolute Gasteiger partial charge is 0.329 e. The highest BCUT2D eigenvalue weighted by atomic mass is 33.1. The molecule has 41 heavy (non-hydrogen) atoms. The molecular formula is C29H44N4O6S2. The van der Waals surface area contributed by atoms with Crippen molar-refractivity contribution in [1.82, 2.24) is 20.9 Å². The first-order valence-electron chi connectivity index (χ1n) is 14.3. The first kappa shape index (κ1) is 33.1. The summed E-state index contributed by atoms with van der Waals surface area (Å²) in [6.07, 6.45) is 5.50. The van der Waals surface area contributed by atoms with Gasteiger partial charge in [-0.05, 0) is 57.5 Å². The van der Waals surface area contributed by atoms with E-state index in [2.05, 4.69) is 16.0 Å². The van der Waals surface area contributed by atoms with Crippen LogP contribution in [0.15, 0.2) is 24.3 Å². The van der Waals surface area contributed by atoms with Gasteiger partial charge in [-0.2, -0.15) is 0 Å². The first-order chi connectivity index (χ1) is 19.6. The zero-order chi connectivity index (χ0) is 30.0. The van der Waals surface area contributed by atoms with E-state index in [9.17, 15) is 24.3 Å². The Hall–Kier alpha value is -2.44. The van der Waals surface area contributed by atoms with Gasteiger partial charge in [0.05, 0.1) is 13.2 Å². The molecule has 1 aromatic carbocycles. The van der Waals surface area contributed by atoms with E-state index in [1.807, 2.05) is 37.9 Å². The van der Waals surface area contributed by atoms with Crippen LogP contribution in [0.25, 0.3) is 0 Å².